The molecule has 8 heteroatoms. The van der Waals surface area contributed by atoms with Crippen LogP contribution >= 0.6 is 11.6 Å². The third-order valence-corrected chi connectivity index (χ3v) is 3.69. The number of hydrogen-bond acceptors (Lipinski definition) is 4. The second kappa shape index (κ2) is 6.69. The van der Waals surface area contributed by atoms with Crippen molar-refractivity contribution in [3.8, 4) is 6.07 Å². The molecule has 23 heavy (non-hydrogen) atoms. The molecule has 1 amide bonds. The zero-order valence-electron chi connectivity index (χ0n) is 12.0. The van der Waals surface area contributed by atoms with Crippen LogP contribution in [0.1, 0.15) is 15.9 Å². The molecule has 0 aliphatic carbocycles. The smallest absolute Gasteiger partial charge is 0.255 e. The lowest BCUT2D eigenvalue weighted by Gasteiger charge is -2.10. The molecule has 0 saturated carbocycles. The van der Waals surface area contributed by atoms with Crippen LogP contribution < -0.4 is 10.0 Å². The fourth-order valence-electron chi connectivity index (χ4n) is 1.81. The standard InChI is InChI=1S/C15H12ClN3O3S/c1-23(21,22)19-14-8-11(5-6-13(14)16)15(20)18-12-4-2-3-10(7-12)9-17/h2-8,19H,1H3,(H,18,20). The molecule has 0 unspecified atom stereocenters. The van der Waals surface area contributed by atoms with Gasteiger partial charge in [0.15, 0.2) is 0 Å². The maximum Gasteiger partial charge on any atom is 0.255 e. The number of amides is 1. The number of anilines is 2. The molecule has 118 valence electrons. The number of carbonyl (C=O) groups excluding carboxylic acids is 1. The van der Waals surface area contributed by atoms with Crippen LogP contribution in [0, 0.1) is 11.3 Å². The third kappa shape index (κ3) is 4.71. The minimum atomic E-state index is -3.51. The molecule has 2 aromatic rings. The van der Waals surface area contributed by atoms with Crippen LogP contribution in [0.3, 0.4) is 0 Å². The Kier molecular flexibility index (Phi) is 4.89. The normalized spacial score (nSPS) is 10.7. The van der Waals surface area contributed by atoms with E-state index >= 15 is 0 Å². The molecule has 2 N–H and O–H groups in total. The average molecular weight is 350 g/mol. The number of rotatable bonds is 4. The minimum absolute atomic E-state index is 0.118. The number of sulfonamides is 1. The highest BCUT2D eigenvalue weighted by molar-refractivity contribution is 7.92. The zero-order chi connectivity index (χ0) is 17.0. The van der Waals surface area contributed by atoms with Crippen molar-refractivity contribution in [2.24, 2.45) is 0 Å². The molecule has 0 spiro atoms. The molecule has 0 saturated heterocycles. The minimum Gasteiger partial charge on any atom is -0.322 e. The van der Waals surface area contributed by atoms with E-state index in [0.717, 1.165) is 6.26 Å². The number of halogens is 1. The molecule has 2 aromatic carbocycles. The number of nitrogens with one attached hydrogen (secondary N) is 2. The first-order chi connectivity index (χ1) is 10.8. The number of carbonyl (C=O) groups is 1. The van der Waals surface area contributed by atoms with Crippen LogP contribution in [0.15, 0.2) is 42.5 Å². The van der Waals surface area contributed by atoms with Crippen molar-refractivity contribution in [1.29, 1.82) is 5.26 Å². The van der Waals surface area contributed by atoms with E-state index in [1.54, 1.807) is 18.2 Å². The van der Waals surface area contributed by atoms with Crippen molar-refractivity contribution in [3.63, 3.8) is 0 Å². The number of nitrogens with zero attached hydrogens (tertiary/aromatic N) is 1. The van der Waals surface area contributed by atoms with E-state index in [-0.39, 0.29) is 16.3 Å². The molecule has 2 rings (SSSR count). The van der Waals surface area contributed by atoms with Crippen LogP contribution in [0.2, 0.25) is 5.02 Å². The summed E-state index contributed by atoms with van der Waals surface area (Å²) >= 11 is 5.91. The topological polar surface area (TPSA) is 99.1 Å². The van der Waals surface area contributed by atoms with Gasteiger partial charge in [0.2, 0.25) is 10.0 Å². The van der Waals surface area contributed by atoms with Crippen molar-refractivity contribution >= 4 is 38.9 Å². The first-order valence-corrected chi connectivity index (χ1v) is 8.64. The molecule has 0 radical (unpaired) electrons. The summed E-state index contributed by atoms with van der Waals surface area (Å²) in [5, 5.41) is 11.7. The molecule has 0 bridgehead atoms. The lowest BCUT2D eigenvalue weighted by Crippen LogP contribution is -2.14. The highest BCUT2D eigenvalue weighted by Gasteiger charge is 2.12. The SMILES string of the molecule is CS(=O)(=O)Nc1cc(C(=O)Nc2cccc(C#N)c2)ccc1Cl. The van der Waals surface area contributed by atoms with E-state index in [0.29, 0.717) is 11.3 Å². The van der Waals surface area contributed by atoms with E-state index < -0.39 is 15.9 Å². The predicted molar refractivity (Wildman–Crippen MR) is 89.0 cm³/mol. The van der Waals surface area contributed by atoms with E-state index in [1.165, 1.54) is 24.3 Å². The summed E-state index contributed by atoms with van der Waals surface area (Å²) in [7, 11) is -3.51. The molecule has 0 heterocycles. The largest absolute Gasteiger partial charge is 0.322 e. The Morgan fingerprint density at radius 2 is 1.96 bits per heavy atom. The lowest BCUT2D eigenvalue weighted by atomic mass is 10.1. The van der Waals surface area contributed by atoms with Crippen LogP contribution in [-0.4, -0.2) is 20.6 Å². The highest BCUT2D eigenvalue weighted by atomic mass is 35.5. The van der Waals surface area contributed by atoms with Gasteiger partial charge in [-0.25, -0.2) is 8.42 Å². The van der Waals surface area contributed by atoms with Gasteiger partial charge in [-0.3, -0.25) is 9.52 Å². The first-order valence-electron chi connectivity index (χ1n) is 6.37. The fourth-order valence-corrected chi connectivity index (χ4v) is 2.60. The van der Waals surface area contributed by atoms with E-state index in [1.807, 2.05) is 6.07 Å². The quantitative estimate of drug-likeness (QED) is 0.886. The van der Waals surface area contributed by atoms with Crippen molar-refractivity contribution < 1.29 is 13.2 Å². The second-order valence-corrected chi connectivity index (χ2v) is 6.87. The third-order valence-electron chi connectivity index (χ3n) is 2.77. The van der Waals surface area contributed by atoms with Gasteiger partial charge < -0.3 is 5.32 Å². The molecule has 6 nitrogen and oxygen atoms in total. The van der Waals surface area contributed by atoms with Gasteiger partial charge in [-0.05, 0) is 36.4 Å². The van der Waals surface area contributed by atoms with Gasteiger partial charge in [0.25, 0.3) is 5.91 Å². The Morgan fingerprint density at radius 3 is 2.61 bits per heavy atom. The number of hydrogen-bond donors (Lipinski definition) is 2. The van der Waals surface area contributed by atoms with E-state index in [9.17, 15) is 13.2 Å². The van der Waals surface area contributed by atoms with Gasteiger partial charge >= 0.3 is 0 Å². The number of benzene rings is 2. The Balaban J connectivity index is 2.26. The van der Waals surface area contributed by atoms with Crippen LogP contribution in [0.5, 0.6) is 0 Å². The van der Waals surface area contributed by atoms with Crippen LogP contribution in [0.25, 0.3) is 0 Å². The van der Waals surface area contributed by atoms with Gasteiger partial charge in [0, 0.05) is 11.3 Å². The Bertz CT molecular complexity index is 904. The maximum absolute atomic E-state index is 12.2. The summed E-state index contributed by atoms with van der Waals surface area (Å²) < 4.78 is 24.8. The summed E-state index contributed by atoms with van der Waals surface area (Å²) in [4.78, 5) is 12.2. The summed E-state index contributed by atoms with van der Waals surface area (Å²) in [6, 6.07) is 12.7. The van der Waals surface area contributed by atoms with Crippen molar-refractivity contribution in [2.45, 2.75) is 0 Å². The second-order valence-electron chi connectivity index (χ2n) is 4.72. The van der Waals surface area contributed by atoms with E-state index in [2.05, 4.69) is 10.0 Å². The van der Waals surface area contributed by atoms with E-state index in [4.69, 9.17) is 16.9 Å². The van der Waals surface area contributed by atoms with Gasteiger partial charge in [-0.15, -0.1) is 0 Å². The summed E-state index contributed by atoms with van der Waals surface area (Å²) in [5.41, 5.74) is 1.22. The van der Waals surface area contributed by atoms with Crippen molar-refractivity contribution in [3.05, 3.63) is 58.6 Å². The summed E-state index contributed by atoms with van der Waals surface area (Å²) in [5.74, 6) is -0.451. The van der Waals surface area contributed by atoms with Gasteiger partial charge in [-0.1, -0.05) is 17.7 Å². The molecule has 0 aromatic heterocycles. The Labute approximate surface area is 138 Å². The molecular formula is C15H12ClN3O3S. The molecule has 0 aliphatic rings. The highest BCUT2D eigenvalue weighted by Crippen LogP contribution is 2.24. The van der Waals surface area contributed by atoms with Gasteiger partial charge in [0.1, 0.15) is 0 Å². The average Bonchev–Trinajstić information content (AvgIpc) is 2.48. The number of nitriles is 1. The summed E-state index contributed by atoms with van der Waals surface area (Å²) in [6.07, 6.45) is 0.990. The molecule has 0 fully saturated rings. The Hall–Kier alpha value is -2.56. The fraction of sp³-hybridized carbons (Fsp3) is 0.0667. The van der Waals surface area contributed by atoms with Crippen molar-refractivity contribution in [1.82, 2.24) is 0 Å². The van der Waals surface area contributed by atoms with Gasteiger partial charge in [0.05, 0.1) is 28.6 Å². The zero-order valence-corrected chi connectivity index (χ0v) is 13.6. The summed E-state index contributed by atoms with van der Waals surface area (Å²) in [6.45, 7) is 0. The lowest BCUT2D eigenvalue weighted by molar-refractivity contribution is 0.102. The Morgan fingerprint density at radius 1 is 1.22 bits per heavy atom. The first kappa shape index (κ1) is 16.8. The molecular weight excluding hydrogens is 338 g/mol. The molecule has 0 aliphatic heterocycles. The predicted octanol–water partition coefficient (Wildman–Crippen LogP) is 2.84. The van der Waals surface area contributed by atoms with Crippen LogP contribution in [0.4, 0.5) is 11.4 Å². The monoisotopic (exact) mass is 349 g/mol. The van der Waals surface area contributed by atoms with Crippen LogP contribution in [-0.2, 0) is 10.0 Å². The molecule has 0 atom stereocenters. The maximum atomic E-state index is 12.2. The van der Waals surface area contributed by atoms with Crippen molar-refractivity contribution in [2.75, 3.05) is 16.3 Å². The van der Waals surface area contributed by atoms with Gasteiger partial charge in [-0.2, -0.15) is 5.26 Å².